The van der Waals surface area contributed by atoms with Gasteiger partial charge in [-0.05, 0) is 30.2 Å². The van der Waals surface area contributed by atoms with E-state index < -0.39 is 9.84 Å². The van der Waals surface area contributed by atoms with Crippen LogP contribution in [0, 0.1) is 0 Å². The molecule has 1 aliphatic heterocycles. The van der Waals surface area contributed by atoms with Gasteiger partial charge in [-0.1, -0.05) is 36.4 Å². The number of aromatic nitrogens is 4. The van der Waals surface area contributed by atoms with Gasteiger partial charge in [-0.3, -0.25) is 4.68 Å². The molecule has 1 atom stereocenters. The van der Waals surface area contributed by atoms with Crippen LogP contribution in [0.5, 0.6) is 0 Å². The van der Waals surface area contributed by atoms with Gasteiger partial charge < -0.3 is 9.88 Å². The van der Waals surface area contributed by atoms with Crippen LogP contribution in [0.1, 0.15) is 23.9 Å². The van der Waals surface area contributed by atoms with Gasteiger partial charge in [0.05, 0.1) is 28.5 Å². The lowest BCUT2D eigenvalue weighted by Gasteiger charge is -2.15. The van der Waals surface area contributed by atoms with Gasteiger partial charge in [-0.15, -0.1) is 0 Å². The van der Waals surface area contributed by atoms with Crippen molar-refractivity contribution in [2.75, 3.05) is 31.6 Å². The molecular formula is C24H27N5O2S. The lowest BCUT2D eigenvalue weighted by atomic mass is 10.1. The average molecular weight is 450 g/mol. The second-order valence-electron chi connectivity index (χ2n) is 8.63. The van der Waals surface area contributed by atoms with Crippen molar-refractivity contribution in [1.82, 2.24) is 24.6 Å². The van der Waals surface area contributed by atoms with Crippen molar-refractivity contribution in [3.63, 3.8) is 0 Å². The highest BCUT2D eigenvalue weighted by Crippen LogP contribution is 2.26. The Morgan fingerprint density at radius 2 is 1.97 bits per heavy atom. The molecule has 0 radical (unpaired) electrons. The molecule has 1 N–H and O–H groups in total. The van der Waals surface area contributed by atoms with Crippen LogP contribution in [0.2, 0.25) is 0 Å². The molecule has 0 bridgehead atoms. The van der Waals surface area contributed by atoms with Crippen LogP contribution >= 0.6 is 0 Å². The minimum atomic E-state index is -2.93. The normalized spacial score (nSPS) is 17.3. The largest absolute Gasteiger partial charge is 0.342 e. The lowest BCUT2D eigenvalue weighted by Crippen LogP contribution is -2.27. The van der Waals surface area contributed by atoms with Crippen molar-refractivity contribution in [2.45, 2.75) is 18.9 Å². The van der Waals surface area contributed by atoms with E-state index in [2.05, 4.69) is 40.2 Å². The van der Waals surface area contributed by atoms with E-state index in [4.69, 9.17) is 10.1 Å². The van der Waals surface area contributed by atoms with Crippen molar-refractivity contribution in [3.05, 3.63) is 72.2 Å². The molecule has 3 heterocycles. The van der Waals surface area contributed by atoms with E-state index in [1.165, 1.54) is 11.8 Å². The van der Waals surface area contributed by atoms with Gasteiger partial charge in [0.2, 0.25) is 0 Å². The minimum Gasteiger partial charge on any atom is -0.342 e. The van der Waals surface area contributed by atoms with Gasteiger partial charge in [0, 0.05) is 44.1 Å². The maximum absolute atomic E-state index is 11.4. The molecule has 0 spiro atoms. The number of rotatable bonds is 7. The molecule has 32 heavy (non-hydrogen) atoms. The van der Waals surface area contributed by atoms with Crippen molar-refractivity contribution in [1.29, 1.82) is 0 Å². The Hall–Kier alpha value is -2.97. The van der Waals surface area contributed by atoms with Gasteiger partial charge in [-0.2, -0.15) is 5.10 Å². The molecule has 1 saturated heterocycles. The zero-order valence-electron chi connectivity index (χ0n) is 18.1. The Morgan fingerprint density at radius 1 is 1.12 bits per heavy atom. The van der Waals surface area contributed by atoms with Crippen LogP contribution in [0.4, 0.5) is 0 Å². The lowest BCUT2D eigenvalue weighted by molar-refractivity contribution is 0.336. The smallest absolute Gasteiger partial charge is 0.148 e. The topological polar surface area (TPSA) is 83.9 Å². The Morgan fingerprint density at radius 3 is 2.78 bits per heavy atom. The van der Waals surface area contributed by atoms with E-state index in [0.29, 0.717) is 6.54 Å². The summed E-state index contributed by atoms with van der Waals surface area (Å²) in [4.78, 5) is 10.4. The van der Waals surface area contributed by atoms with E-state index in [1.807, 2.05) is 35.1 Å². The Kier molecular flexibility index (Phi) is 5.57. The Bertz CT molecular complexity index is 1330. The molecule has 2 aromatic heterocycles. The number of nitrogens with zero attached hydrogens (tertiary/aromatic N) is 4. The van der Waals surface area contributed by atoms with E-state index in [9.17, 15) is 8.42 Å². The summed E-state index contributed by atoms with van der Waals surface area (Å²) < 4.78 is 24.9. The summed E-state index contributed by atoms with van der Waals surface area (Å²) >= 11 is 0. The van der Waals surface area contributed by atoms with Crippen LogP contribution in [0.3, 0.4) is 0 Å². The summed E-state index contributed by atoms with van der Waals surface area (Å²) in [6.45, 7) is 2.32. The zero-order chi connectivity index (χ0) is 22.1. The molecule has 5 rings (SSSR count). The van der Waals surface area contributed by atoms with E-state index in [0.717, 1.165) is 54.0 Å². The van der Waals surface area contributed by atoms with Crippen LogP contribution in [-0.2, 0) is 16.3 Å². The molecule has 4 aromatic rings. The number of aromatic amines is 1. The van der Waals surface area contributed by atoms with Gasteiger partial charge in [0.1, 0.15) is 15.7 Å². The van der Waals surface area contributed by atoms with Crippen molar-refractivity contribution in [2.24, 2.45) is 0 Å². The summed E-state index contributed by atoms with van der Waals surface area (Å²) in [6.07, 6.45) is 5.07. The Balaban J connectivity index is 1.29. The van der Waals surface area contributed by atoms with Crippen molar-refractivity contribution in [3.8, 4) is 11.3 Å². The third-order valence-corrected chi connectivity index (χ3v) is 6.97. The number of likely N-dealkylation sites (tertiary alicyclic amines) is 1. The number of benzene rings is 2. The van der Waals surface area contributed by atoms with Crippen molar-refractivity contribution < 1.29 is 8.42 Å². The third kappa shape index (κ3) is 4.76. The van der Waals surface area contributed by atoms with E-state index >= 15 is 0 Å². The number of fused-ring (bicyclic) bond motifs is 1. The number of H-pyrrole nitrogens is 1. The number of hydrogen-bond acceptors (Lipinski definition) is 5. The molecule has 1 aliphatic rings. The standard InChI is InChI=1S/C24H27N5O2S/c1-32(30,31)14-13-28-11-9-20(17-28)29-12-10-21(27-29)19-7-8-22-23(16-19)26-24(25-22)15-18-5-3-2-4-6-18/h2-8,10,12,16,20H,9,11,13-15,17H2,1H3,(H,25,26). The monoisotopic (exact) mass is 449 g/mol. The first-order valence-corrected chi connectivity index (χ1v) is 13.0. The first-order chi connectivity index (χ1) is 15.4. The highest BCUT2D eigenvalue weighted by molar-refractivity contribution is 7.90. The van der Waals surface area contributed by atoms with Gasteiger partial charge >= 0.3 is 0 Å². The summed E-state index contributed by atoms with van der Waals surface area (Å²) in [7, 11) is -2.93. The maximum Gasteiger partial charge on any atom is 0.148 e. The minimum absolute atomic E-state index is 0.208. The highest BCUT2D eigenvalue weighted by Gasteiger charge is 2.25. The van der Waals surface area contributed by atoms with Crippen LogP contribution in [0.15, 0.2) is 60.8 Å². The molecule has 1 unspecified atom stereocenters. The van der Waals surface area contributed by atoms with Gasteiger partial charge in [0.15, 0.2) is 0 Å². The molecular weight excluding hydrogens is 422 g/mol. The molecule has 0 aliphatic carbocycles. The van der Waals surface area contributed by atoms with E-state index in [1.54, 1.807) is 0 Å². The average Bonchev–Trinajstić information content (AvgIpc) is 3.50. The summed E-state index contributed by atoms with van der Waals surface area (Å²) in [6, 6.07) is 18.9. The molecule has 7 nitrogen and oxygen atoms in total. The van der Waals surface area contributed by atoms with Crippen molar-refractivity contribution >= 4 is 20.9 Å². The number of nitrogens with one attached hydrogen (secondary N) is 1. The predicted octanol–water partition coefficient (Wildman–Crippen LogP) is 3.31. The third-order valence-electron chi connectivity index (χ3n) is 6.05. The fourth-order valence-corrected chi connectivity index (χ4v) is 4.90. The summed E-state index contributed by atoms with van der Waals surface area (Å²) in [5.74, 6) is 1.16. The fraction of sp³-hybridized carbons (Fsp3) is 0.333. The number of imidazole rings is 1. The van der Waals surface area contributed by atoms with Crippen LogP contribution in [0.25, 0.3) is 22.3 Å². The molecule has 166 valence electrons. The highest BCUT2D eigenvalue weighted by atomic mass is 32.2. The first-order valence-electron chi connectivity index (χ1n) is 10.9. The van der Waals surface area contributed by atoms with Crippen LogP contribution < -0.4 is 0 Å². The fourth-order valence-electron chi connectivity index (χ4n) is 4.31. The molecule has 8 heteroatoms. The zero-order valence-corrected chi connectivity index (χ0v) is 18.9. The van der Waals surface area contributed by atoms with Crippen LogP contribution in [-0.4, -0.2) is 64.7 Å². The number of sulfone groups is 1. The SMILES string of the molecule is CS(=O)(=O)CCN1CCC(n2ccc(-c3ccc4[nH]c(Cc5ccccc5)nc4c3)n2)C1. The van der Waals surface area contributed by atoms with Gasteiger partial charge in [0.25, 0.3) is 0 Å². The second kappa shape index (κ2) is 8.52. The molecule has 2 aromatic carbocycles. The number of hydrogen-bond donors (Lipinski definition) is 1. The molecule has 0 amide bonds. The first kappa shape index (κ1) is 20.9. The molecule has 0 saturated carbocycles. The molecule has 1 fully saturated rings. The predicted molar refractivity (Wildman–Crippen MR) is 126 cm³/mol. The van der Waals surface area contributed by atoms with Gasteiger partial charge in [-0.25, -0.2) is 13.4 Å². The Labute approximate surface area is 188 Å². The summed E-state index contributed by atoms with van der Waals surface area (Å²) in [5, 5.41) is 4.82. The summed E-state index contributed by atoms with van der Waals surface area (Å²) in [5.41, 5.74) is 5.16. The maximum atomic E-state index is 11.4. The second-order valence-corrected chi connectivity index (χ2v) is 10.9. The van der Waals surface area contributed by atoms with E-state index in [-0.39, 0.29) is 11.8 Å². The quantitative estimate of drug-likeness (QED) is 0.468.